The molecule has 0 aliphatic carbocycles. The predicted octanol–water partition coefficient (Wildman–Crippen LogP) is 6.90. The number of carbonyl (C=O) groups is 8. The van der Waals surface area contributed by atoms with Crippen LogP contribution in [0.1, 0.15) is 140 Å². The van der Waals surface area contributed by atoms with Crippen molar-refractivity contribution in [2.45, 2.75) is 172 Å². The van der Waals surface area contributed by atoms with Crippen LogP contribution in [0.15, 0.2) is 67.3 Å². The minimum atomic E-state index is -0.250. The third-order valence-electron chi connectivity index (χ3n) is 13.5. The van der Waals surface area contributed by atoms with Crippen molar-refractivity contribution in [2.75, 3.05) is 121 Å². The predicted molar refractivity (Wildman–Crippen MR) is 389 cm³/mol. The average Bonchev–Trinajstić information content (AvgIpc) is 0.915. The smallest absolute Gasteiger partial charge is 0.290 e. The number of methoxy groups -OCH3 is 2. The van der Waals surface area contributed by atoms with Gasteiger partial charge in [0.05, 0.1) is 37.9 Å². The van der Waals surface area contributed by atoms with Gasteiger partial charge in [-0.05, 0) is 115 Å². The van der Waals surface area contributed by atoms with Crippen molar-refractivity contribution in [3.63, 3.8) is 0 Å². The fourth-order valence-corrected chi connectivity index (χ4v) is 8.63. The quantitative estimate of drug-likeness (QED) is 0.0141. The molecule has 552 valence electrons. The summed E-state index contributed by atoms with van der Waals surface area (Å²) in [5.41, 5.74) is 16.9. The van der Waals surface area contributed by atoms with E-state index in [-0.39, 0.29) is 80.7 Å². The monoisotopic (exact) mass is 1340 g/mol. The lowest BCUT2D eigenvalue weighted by atomic mass is 9.87. The Morgan fingerprint density at radius 2 is 1.23 bits per heavy atom. The number of hydrogen-bond acceptors (Lipinski definition) is 19. The second-order valence-electron chi connectivity index (χ2n) is 21.9. The van der Waals surface area contributed by atoms with Crippen molar-refractivity contribution >= 4 is 55.7 Å². The minimum Gasteiger partial charge on any atom is -0.483 e. The maximum Gasteiger partial charge on any atom is 0.290 e. The van der Waals surface area contributed by atoms with Gasteiger partial charge in [-0.25, -0.2) is 0 Å². The Labute approximate surface area is 570 Å². The molecule has 24 nitrogen and oxygen atoms in total. The highest BCUT2D eigenvalue weighted by atomic mass is 16.5. The van der Waals surface area contributed by atoms with Crippen LogP contribution in [-0.4, -0.2) is 221 Å². The van der Waals surface area contributed by atoms with Crippen LogP contribution in [0.4, 0.5) is 5.69 Å². The fraction of sp³-hybridized carbons (Fsp3) is 0.686. The summed E-state index contributed by atoms with van der Waals surface area (Å²) in [6.45, 7) is 33.2. The largest absolute Gasteiger partial charge is 0.483 e. The number of amides is 4. The molecule has 8 atom stereocenters. The summed E-state index contributed by atoms with van der Waals surface area (Å²) in [5, 5.41) is 28.5. The number of likely N-dealkylation sites (N-methyl/N-ethyl adjacent to an activating group) is 4. The van der Waals surface area contributed by atoms with E-state index in [0.717, 1.165) is 83.4 Å². The molecule has 2 rings (SSSR count). The number of benzene rings is 2. The van der Waals surface area contributed by atoms with Crippen molar-refractivity contribution < 1.29 is 62.8 Å². The number of aliphatic hydroxyl groups is 1. The minimum absolute atomic E-state index is 0. The highest BCUT2D eigenvalue weighted by Gasteiger charge is 2.32. The van der Waals surface area contributed by atoms with Gasteiger partial charge in [0.25, 0.3) is 6.47 Å². The van der Waals surface area contributed by atoms with Crippen LogP contribution in [0, 0.1) is 29.6 Å². The number of aliphatic hydroxyl groups excluding tert-OH is 1. The molecule has 0 aromatic heterocycles. The maximum absolute atomic E-state index is 11.9. The molecule has 0 aliphatic rings. The highest BCUT2D eigenvalue weighted by Crippen LogP contribution is 2.24. The summed E-state index contributed by atoms with van der Waals surface area (Å²) in [6.07, 6.45) is 12.8. The number of unbranched alkanes of at least 4 members (excludes halogenated alkanes) is 1. The first-order valence-electron chi connectivity index (χ1n) is 32.3. The van der Waals surface area contributed by atoms with Gasteiger partial charge in [0.15, 0.2) is 0 Å². The highest BCUT2D eigenvalue weighted by molar-refractivity contribution is 5.92. The SMILES string of the molecule is C.C=CC(C(C)C)N(C)Cc1ccc(NC(=O)CNC)cc1.CC(C)C(C=O)NCCOCCCN.CCC.CCC(C)C(C(CC=O)OC)N(C)C(=O)CNC.CCCCN(C)C(OC)C(C)C(C=O)Cc1ccccc1.CCCNC.CO.NC=O.NC=O.O=CO. The van der Waals surface area contributed by atoms with E-state index < -0.39 is 0 Å². The second kappa shape index (κ2) is 81.3. The van der Waals surface area contributed by atoms with Gasteiger partial charge >= 0.3 is 0 Å². The number of carboxylic acid groups (broad SMARTS) is 1. The van der Waals surface area contributed by atoms with Crippen LogP contribution in [0.2, 0.25) is 0 Å². The molecule has 0 heterocycles. The summed E-state index contributed by atoms with van der Waals surface area (Å²) in [5.74, 6) is 1.26. The van der Waals surface area contributed by atoms with Crippen molar-refractivity contribution in [2.24, 2.45) is 46.8 Å². The molecule has 0 radical (unpaired) electrons. The van der Waals surface area contributed by atoms with Gasteiger partial charge in [-0.1, -0.05) is 151 Å². The van der Waals surface area contributed by atoms with E-state index in [2.05, 4.69) is 143 Å². The van der Waals surface area contributed by atoms with E-state index in [1.807, 2.05) is 69.4 Å². The molecule has 0 aliphatic heterocycles. The Balaban J connectivity index is -0.000000134. The number of ether oxygens (including phenoxy) is 3. The Hall–Kier alpha value is -5.90. The van der Waals surface area contributed by atoms with Gasteiger partial charge in [0, 0.05) is 84.6 Å². The third-order valence-corrected chi connectivity index (χ3v) is 13.5. The Morgan fingerprint density at radius 1 is 0.702 bits per heavy atom. The van der Waals surface area contributed by atoms with Crippen molar-refractivity contribution in [3.8, 4) is 0 Å². The van der Waals surface area contributed by atoms with E-state index in [1.54, 1.807) is 40.3 Å². The normalized spacial score (nSPS) is 12.4. The number of primary amides is 2. The van der Waals surface area contributed by atoms with E-state index >= 15 is 0 Å². The van der Waals surface area contributed by atoms with Crippen molar-refractivity contribution in [3.05, 3.63) is 78.4 Å². The first kappa shape index (κ1) is 107. The van der Waals surface area contributed by atoms with Crippen LogP contribution >= 0.6 is 0 Å². The molecule has 0 saturated heterocycles. The van der Waals surface area contributed by atoms with E-state index in [0.29, 0.717) is 63.7 Å². The summed E-state index contributed by atoms with van der Waals surface area (Å²) in [7, 11) is 15.7. The van der Waals surface area contributed by atoms with Gasteiger partial charge in [-0.15, -0.1) is 6.58 Å². The molecule has 4 amide bonds. The lowest BCUT2D eigenvalue weighted by molar-refractivity contribution is -0.136. The Kier molecular flexibility index (Phi) is 92.4. The number of nitrogens with zero attached hydrogens (tertiary/aromatic N) is 3. The van der Waals surface area contributed by atoms with Gasteiger partial charge in [-0.2, -0.15) is 0 Å². The van der Waals surface area contributed by atoms with E-state index in [1.165, 1.54) is 24.0 Å². The number of hydrogen-bond donors (Lipinski definition) is 10. The molecular formula is C70H139N11O13. The maximum atomic E-state index is 11.9. The average molecular weight is 1340 g/mol. The summed E-state index contributed by atoms with van der Waals surface area (Å²) >= 11 is 0. The molecule has 0 spiro atoms. The first-order valence-corrected chi connectivity index (χ1v) is 32.3. The van der Waals surface area contributed by atoms with Crippen molar-refractivity contribution in [1.82, 2.24) is 36.0 Å². The zero-order chi connectivity index (χ0) is 73.4. The molecule has 13 N–H and O–H groups in total. The van der Waals surface area contributed by atoms with E-state index in [4.69, 9.17) is 44.5 Å². The molecule has 2 aromatic rings. The van der Waals surface area contributed by atoms with Gasteiger partial charge in [0.2, 0.25) is 24.6 Å². The molecule has 94 heavy (non-hydrogen) atoms. The molecule has 8 unspecified atom stereocenters. The Morgan fingerprint density at radius 3 is 1.61 bits per heavy atom. The summed E-state index contributed by atoms with van der Waals surface area (Å²) < 4.78 is 16.3. The number of rotatable bonds is 38. The van der Waals surface area contributed by atoms with Crippen LogP contribution in [0.5, 0.6) is 0 Å². The standard InChI is InChI=1S/C18H29NO2.C17H27N3O.C13H26N2O3.C10H22N2O2.C4H11N.C3H8.2CH3NO.CH2O2.CH4O.CH4/c1-5-6-12-19(3)18(21-4)15(2)17(14-20)13-16-10-8-7-9-11-16;1-6-16(13(2)3)20(5)12-14-7-9-15(10-8-14)19-17(21)11-18-4;1-6-10(2)13(11(18-5)7-8-16)15(4)12(17)9-14-3;1-9(2)10(8-13)12-5-7-14-6-3-4-11;1-3-4-5-2;1-3-2;3*2-1-3;1-2;/h7-11,14-15,17-18H,5-6,12-13H2,1-4H3;6-10,13,16,18H,1,11-12H2,2-5H3,(H,19,21);8,10-11,13-14H,6-7,9H2,1-5H3;8-10,12H,3-7,11H2,1-2H3;5H,3-4H2,1-2H3;3H2,1-2H3;2*1H,(H2,2,3);1H,(H,2,3);2H,1H3;1H4. The fourth-order valence-electron chi connectivity index (χ4n) is 8.63. The van der Waals surface area contributed by atoms with E-state index in [9.17, 15) is 24.0 Å². The van der Waals surface area contributed by atoms with Crippen LogP contribution in [0.3, 0.4) is 0 Å². The second-order valence-corrected chi connectivity index (χ2v) is 21.9. The van der Waals surface area contributed by atoms with Gasteiger partial charge < -0.3 is 87.5 Å². The zero-order valence-electron chi connectivity index (χ0n) is 61.2. The number of nitrogens with two attached hydrogens (primary N) is 3. The molecule has 24 heteroatoms. The van der Waals surface area contributed by atoms with Crippen LogP contribution in [-0.2, 0) is 65.5 Å². The number of anilines is 1. The lowest BCUT2D eigenvalue weighted by Gasteiger charge is -2.37. The molecular weight excluding hydrogens is 1200 g/mol. The summed E-state index contributed by atoms with van der Waals surface area (Å²) in [6, 6.07) is 18.4. The molecule has 2 aromatic carbocycles. The Bertz CT molecular complexity index is 1950. The molecule has 0 saturated carbocycles. The number of carbonyl (C=O) groups excluding carboxylic acids is 7. The van der Waals surface area contributed by atoms with Crippen LogP contribution < -0.4 is 43.8 Å². The molecule has 0 bridgehead atoms. The summed E-state index contributed by atoms with van der Waals surface area (Å²) in [4.78, 5) is 88.0. The topological polar surface area (TPSA) is 353 Å². The zero-order valence-corrected chi connectivity index (χ0v) is 61.2. The molecule has 0 fully saturated rings. The first-order chi connectivity index (χ1) is 44.4. The lowest BCUT2D eigenvalue weighted by Crippen LogP contribution is -2.51. The number of nitrogens with one attached hydrogen (secondary N) is 5. The third kappa shape index (κ3) is 63.5. The van der Waals surface area contributed by atoms with Crippen molar-refractivity contribution in [1.29, 1.82) is 0 Å². The number of aldehydes is 3. The van der Waals surface area contributed by atoms with Gasteiger partial charge in [-0.3, -0.25) is 33.8 Å². The van der Waals surface area contributed by atoms with Crippen LogP contribution in [0.25, 0.3) is 0 Å². The van der Waals surface area contributed by atoms with Gasteiger partial charge in [0.1, 0.15) is 25.1 Å².